The number of likely N-dealkylation sites (tertiary alicyclic amines) is 2. The molecular weight excluding hydrogens is 1470 g/mol. The van der Waals surface area contributed by atoms with Crippen molar-refractivity contribution in [2.45, 2.75) is 58.3 Å². The molecule has 0 saturated carbocycles. The Labute approximate surface area is 653 Å². The van der Waals surface area contributed by atoms with Crippen molar-refractivity contribution in [1.29, 1.82) is 0 Å². The molecule has 0 spiro atoms. The van der Waals surface area contributed by atoms with Crippen molar-refractivity contribution in [2.75, 3.05) is 136 Å². The number of aromatic nitrogens is 6. The van der Waals surface area contributed by atoms with Crippen LogP contribution in [-0.2, 0) is 28.8 Å². The zero-order valence-electron chi connectivity index (χ0n) is 62.7. The summed E-state index contributed by atoms with van der Waals surface area (Å²) in [5, 5.41) is 29.1. The van der Waals surface area contributed by atoms with Crippen molar-refractivity contribution in [2.24, 2.45) is 17.8 Å². The zero-order valence-corrected chi connectivity index (χ0v) is 65.7. The van der Waals surface area contributed by atoms with Crippen LogP contribution < -0.4 is 34.2 Å². The molecule has 5 amide bonds. The molecule has 9 heterocycles. The van der Waals surface area contributed by atoms with E-state index in [1.165, 1.54) is 12.2 Å². The van der Waals surface area contributed by atoms with Crippen LogP contribution in [0.25, 0.3) is 66.1 Å². The lowest BCUT2D eigenvalue weighted by Gasteiger charge is -2.43. The lowest BCUT2D eigenvalue weighted by Crippen LogP contribution is -2.56. The fraction of sp³-hybridized carbons (Fsp3) is 0.370. The molecule has 3 saturated heterocycles. The number of nitrogens with zero attached hydrogens (tertiary/aromatic N) is 11. The van der Waals surface area contributed by atoms with Crippen LogP contribution in [0.1, 0.15) is 36.0 Å². The van der Waals surface area contributed by atoms with Crippen molar-refractivity contribution in [3.8, 4) is 50.6 Å². The summed E-state index contributed by atoms with van der Waals surface area (Å²) in [5.74, 6) is 2.48. The van der Waals surface area contributed by atoms with E-state index in [2.05, 4.69) is 73.5 Å². The second-order valence-electron chi connectivity index (χ2n) is 29.3. The maximum absolute atomic E-state index is 13.5. The molecular formula is C81H91Cl4N15O9. The summed E-state index contributed by atoms with van der Waals surface area (Å²) >= 11 is 25.3. The van der Waals surface area contributed by atoms with Gasteiger partial charge >= 0.3 is 0 Å². The zero-order chi connectivity index (χ0) is 77.8. The molecule has 4 N–H and O–H groups in total. The second-order valence-corrected chi connectivity index (χ2v) is 30.9. The fourth-order valence-corrected chi connectivity index (χ4v) is 15.3. The van der Waals surface area contributed by atoms with Crippen molar-refractivity contribution < 1.29 is 43.0 Å². The minimum atomic E-state index is -0.592. The van der Waals surface area contributed by atoms with Crippen LogP contribution in [0.3, 0.4) is 0 Å². The molecule has 6 aliphatic rings. The number of aryl methyl sites for hydroxylation is 3. The van der Waals surface area contributed by atoms with E-state index < -0.39 is 23.6 Å². The largest absolute Gasteiger partial charge is 0.478 e. The normalized spacial score (nSPS) is 17.6. The third kappa shape index (κ3) is 17.2. The third-order valence-electron chi connectivity index (χ3n) is 20.5. The van der Waals surface area contributed by atoms with Gasteiger partial charge in [-0.3, -0.25) is 44.1 Å². The molecule has 0 aliphatic carbocycles. The fourth-order valence-electron chi connectivity index (χ4n) is 14.5. The first kappa shape index (κ1) is 78.9. The number of hydrogen-bond donors (Lipinski definition) is 4. The van der Waals surface area contributed by atoms with E-state index in [9.17, 15) is 28.8 Å². The van der Waals surface area contributed by atoms with Crippen molar-refractivity contribution >= 4 is 131 Å². The lowest BCUT2D eigenvalue weighted by molar-refractivity contribution is -0.133. The van der Waals surface area contributed by atoms with Gasteiger partial charge in [0.25, 0.3) is 17.7 Å². The molecule has 572 valence electrons. The smallest absolute Gasteiger partial charge is 0.268 e. The molecule has 0 unspecified atom stereocenters. The van der Waals surface area contributed by atoms with Gasteiger partial charge in [-0.15, -0.1) is 0 Å². The number of aromatic amines is 3. The van der Waals surface area contributed by atoms with Gasteiger partial charge in [-0.1, -0.05) is 72.7 Å². The average molecular weight is 1560 g/mol. The predicted octanol–water partition coefficient (Wildman–Crippen LogP) is 12.2. The standard InChI is InChI=1S/2C27H30ClN5O3.C24H28ClN5O2.C3H3ClO/c2*1-5-25(34)32-13-17(14-32)15-33-22-11-20(28)18(26-16(2)6-7-21-19(26)12-29-30-21)10-24(22)36-23(27(33)35)8-9-31(3)4;1-14-4-5-19-17(12-27-28-19)23(14)16-8-22-20(9-18(16)25)30(13-15-10-26-11-15)24(31)21(32-22)6-7-29(2)3;1-2-3(4)5/h2*5-7,10-12,17,23H,1,8-9,13-15H2,2-4H3,(H,29,30);4-5,8-9,12,15,21,26H,6-7,10-11,13H2,1-3H3,(H,27,28);2H,1H2/t2*23-;21-;/m000./s1. The minimum Gasteiger partial charge on any atom is -0.478 e. The van der Waals surface area contributed by atoms with Gasteiger partial charge < -0.3 is 58.7 Å². The van der Waals surface area contributed by atoms with E-state index in [4.69, 9.17) is 60.6 Å². The van der Waals surface area contributed by atoms with Gasteiger partial charge in [0.1, 0.15) is 17.2 Å². The van der Waals surface area contributed by atoms with Gasteiger partial charge in [-0.2, -0.15) is 15.3 Å². The number of fused-ring (bicyclic) bond motifs is 6. The highest BCUT2D eigenvalue weighted by molar-refractivity contribution is 6.66. The second kappa shape index (κ2) is 34.1. The SMILES string of the molecule is C=CC(=O)Cl.C=CC(=O)N1CC(CN2C(=O)[C@H](CCN(C)C)Oc3cc(-c4c(C)ccc5[nH]ncc45)c(Cl)cc32)C1.C=CC(=O)N1CC(CN2C(=O)[C@H](CCN(C)C)Oc3cc(-c4c(C)ccc5[nH]ncc45)c(Cl)cc32)C1.Cc1ccc2[nH]ncc2c1-c1cc2c(cc1Cl)N(CC1CNC1)C(=O)[C@H](CCN(C)C)O2. The number of halogens is 4. The van der Waals surface area contributed by atoms with Crippen LogP contribution in [0.5, 0.6) is 17.2 Å². The molecule has 0 radical (unpaired) electrons. The van der Waals surface area contributed by atoms with E-state index >= 15 is 0 Å². The number of carbonyl (C=O) groups is 6. The third-order valence-corrected chi connectivity index (χ3v) is 21.6. The van der Waals surface area contributed by atoms with Crippen LogP contribution in [0, 0.1) is 38.5 Å². The number of ether oxygens (including phenoxy) is 3. The molecule has 24 nitrogen and oxygen atoms in total. The van der Waals surface area contributed by atoms with E-state index in [0.717, 1.165) is 127 Å². The average Bonchev–Trinajstić information content (AvgIpc) is 1.63. The molecule has 3 aromatic heterocycles. The first-order valence-electron chi connectivity index (χ1n) is 36.3. The van der Waals surface area contributed by atoms with E-state index in [-0.39, 0.29) is 41.4 Å². The molecule has 9 aromatic rings. The Hall–Kier alpha value is -9.63. The highest BCUT2D eigenvalue weighted by Gasteiger charge is 2.43. The van der Waals surface area contributed by atoms with Crippen molar-refractivity contribution in [3.63, 3.8) is 0 Å². The molecule has 0 bridgehead atoms. The van der Waals surface area contributed by atoms with Gasteiger partial charge in [-0.05, 0) is 181 Å². The first-order chi connectivity index (χ1) is 52.2. The van der Waals surface area contributed by atoms with E-state index in [1.807, 2.05) is 144 Å². The Morgan fingerprint density at radius 2 is 0.771 bits per heavy atom. The predicted molar refractivity (Wildman–Crippen MR) is 432 cm³/mol. The Balaban J connectivity index is 0.000000148. The highest BCUT2D eigenvalue weighted by Crippen LogP contribution is 2.49. The number of rotatable bonds is 21. The quantitative estimate of drug-likeness (QED) is 0.0385. The van der Waals surface area contributed by atoms with Gasteiger partial charge in [0.2, 0.25) is 17.1 Å². The number of anilines is 3. The number of carbonyl (C=O) groups excluding carboxylic acids is 6. The summed E-state index contributed by atoms with van der Waals surface area (Å²) in [7, 11) is 11.9. The lowest BCUT2D eigenvalue weighted by atomic mass is 9.94. The first-order valence-corrected chi connectivity index (χ1v) is 37.8. The molecule has 28 heteroatoms. The molecule has 6 aromatic carbocycles. The van der Waals surface area contributed by atoms with Gasteiger partial charge in [-0.25, -0.2) is 0 Å². The number of amides is 5. The molecule has 3 fully saturated rings. The van der Waals surface area contributed by atoms with Crippen molar-refractivity contribution in [3.05, 3.63) is 161 Å². The van der Waals surface area contributed by atoms with Gasteiger partial charge in [0, 0.05) is 148 Å². The van der Waals surface area contributed by atoms with E-state index in [1.54, 1.807) is 32.0 Å². The van der Waals surface area contributed by atoms with Gasteiger partial charge in [0.05, 0.1) is 67.3 Å². The highest BCUT2D eigenvalue weighted by atomic mass is 35.5. The Morgan fingerprint density at radius 1 is 0.477 bits per heavy atom. The van der Waals surface area contributed by atoms with Crippen LogP contribution in [0.15, 0.2) is 129 Å². The maximum atomic E-state index is 13.5. The summed E-state index contributed by atoms with van der Waals surface area (Å²) in [6.45, 7) is 24.5. The van der Waals surface area contributed by atoms with Crippen molar-refractivity contribution in [1.82, 2.24) is 60.4 Å². The topological polar surface area (TPSA) is 254 Å². The molecule has 15 rings (SSSR count). The maximum Gasteiger partial charge on any atom is 0.268 e. The summed E-state index contributed by atoms with van der Waals surface area (Å²) in [5.41, 5.74) is 13.7. The number of allylic oxidation sites excluding steroid dienone is 1. The number of benzene rings is 6. The number of nitrogens with one attached hydrogen (secondary N) is 4. The van der Waals surface area contributed by atoms with Gasteiger partial charge in [0.15, 0.2) is 18.3 Å². The Morgan fingerprint density at radius 3 is 1.03 bits per heavy atom. The van der Waals surface area contributed by atoms with Crippen LogP contribution in [-0.4, -0.2) is 229 Å². The molecule has 6 aliphatic heterocycles. The molecule has 3 atom stereocenters. The van der Waals surface area contributed by atoms with Crippen LogP contribution in [0.2, 0.25) is 15.1 Å². The summed E-state index contributed by atoms with van der Waals surface area (Å²) in [4.78, 5) is 88.7. The minimum absolute atomic E-state index is 0.0168. The van der Waals surface area contributed by atoms with E-state index in [0.29, 0.717) is 115 Å². The molecule has 109 heavy (non-hydrogen) atoms. The van der Waals surface area contributed by atoms with Crippen LogP contribution >= 0.6 is 46.4 Å². The number of H-pyrrole nitrogens is 3. The summed E-state index contributed by atoms with van der Waals surface area (Å²) in [6.07, 6.45) is 9.22. The van der Waals surface area contributed by atoms with Crippen LogP contribution in [0.4, 0.5) is 17.1 Å². The Kier molecular flexibility index (Phi) is 24.7. The monoisotopic (exact) mass is 1560 g/mol. The number of hydrogen-bond acceptors (Lipinski definition) is 16. The summed E-state index contributed by atoms with van der Waals surface area (Å²) in [6, 6.07) is 23.6. The Bertz CT molecular complexity index is 4770. The summed E-state index contributed by atoms with van der Waals surface area (Å²) < 4.78 is 18.9.